The number of ether oxygens (including phenoxy) is 1. The zero-order chi connectivity index (χ0) is 29.7. The van der Waals surface area contributed by atoms with E-state index in [2.05, 4.69) is 4.98 Å². The summed E-state index contributed by atoms with van der Waals surface area (Å²) < 4.78 is 60.3. The number of aromatic nitrogens is 2. The van der Waals surface area contributed by atoms with Gasteiger partial charge in [-0.3, -0.25) is 27.9 Å². The zero-order valence-corrected chi connectivity index (χ0v) is 26.5. The molecule has 10 nitrogen and oxygen atoms in total. The summed E-state index contributed by atoms with van der Waals surface area (Å²) in [5.41, 5.74) is -3.11. The monoisotopic (exact) mass is 638 g/mol. The molecule has 0 radical (unpaired) electrons. The predicted molar refractivity (Wildman–Crippen MR) is 151 cm³/mol. The summed E-state index contributed by atoms with van der Waals surface area (Å²) >= 11 is 12.2. The lowest BCUT2D eigenvalue weighted by atomic mass is 9.98. The summed E-state index contributed by atoms with van der Waals surface area (Å²) in [6.07, 6.45) is -2.91. The zero-order valence-electron chi connectivity index (χ0n) is 23.1. The average Bonchev–Trinajstić information content (AvgIpc) is 3.06. The van der Waals surface area contributed by atoms with Gasteiger partial charge in [0, 0.05) is 28.7 Å². The van der Waals surface area contributed by atoms with Gasteiger partial charge in [0.1, 0.15) is 12.2 Å². The molecule has 4 rings (SSSR count). The third-order valence-corrected chi connectivity index (χ3v) is 13.9. The van der Waals surface area contributed by atoms with Crippen molar-refractivity contribution in [2.75, 3.05) is 13.2 Å². The van der Waals surface area contributed by atoms with E-state index in [1.165, 1.54) is 6.92 Å². The first-order chi connectivity index (χ1) is 18.4. The highest BCUT2D eigenvalue weighted by Gasteiger charge is 2.59. The minimum Gasteiger partial charge on any atom is -0.408 e. The van der Waals surface area contributed by atoms with E-state index < -0.39 is 64.2 Å². The van der Waals surface area contributed by atoms with Crippen molar-refractivity contribution in [2.45, 2.75) is 82.5 Å². The lowest BCUT2D eigenvalue weighted by molar-refractivity contribution is -0.0653. The van der Waals surface area contributed by atoms with E-state index in [0.717, 1.165) is 16.8 Å². The second-order valence-corrected chi connectivity index (χ2v) is 18.9. The maximum Gasteiger partial charge on any atom is 0.475 e. The van der Waals surface area contributed by atoms with Crippen LogP contribution < -0.4 is 11.2 Å². The topological polar surface area (TPSA) is 118 Å². The Morgan fingerprint density at radius 3 is 2.48 bits per heavy atom. The number of alkyl halides is 1. The highest BCUT2D eigenvalue weighted by atomic mass is 35.5. The molecule has 0 bridgehead atoms. The first kappa shape index (κ1) is 31.6. The molecular formula is C25H34Cl2FN2O8PSi. The number of H-pyrrole nitrogens is 1. The Labute approximate surface area is 242 Å². The number of benzene rings is 1. The molecule has 15 heteroatoms. The summed E-state index contributed by atoms with van der Waals surface area (Å²) in [7, 11) is -6.71. The molecule has 2 aliphatic heterocycles. The Bertz CT molecular complexity index is 1390. The van der Waals surface area contributed by atoms with Gasteiger partial charge in [0.15, 0.2) is 20.2 Å². The summed E-state index contributed by atoms with van der Waals surface area (Å²) in [5, 5.41) is 0.503. The van der Waals surface area contributed by atoms with Gasteiger partial charge >= 0.3 is 13.5 Å². The highest BCUT2D eigenvalue weighted by Crippen LogP contribution is 2.58. The second-order valence-electron chi connectivity index (χ2n) is 11.7. The fraction of sp³-hybridized carbons (Fsp3) is 0.600. The first-order valence-electron chi connectivity index (χ1n) is 12.8. The largest absolute Gasteiger partial charge is 0.475 e. The van der Waals surface area contributed by atoms with Gasteiger partial charge in [-0.05, 0) is 48.8 Å². The van der Waals surface area contributed by atoms with Crippen LogP contribution in [-0.2, 0) is 27.3 Å². The van der Waals surface area contributed by atoms with Gasteiger partial charge in [0.2, 0.25) is 0 Å². The van der Waals surface area contributed by atoms with Gasteiger partial charge in [-0.1, -0.05) is 44.0 Å². The number of nitrogens with zero attached hydrogens (tertiary/aromatic N) is 1. The maximum absolute atomic E-state index is 16.6. The molecule has 0 saturated carbocycles. The standard InChI is InChI=1S/C25H34Cl2FN2O8PSi/c1-24(2,3)40(5,6)38-21-19(36-22(25(21,4)28)30-9-7-20(31)29-23(30)32)14-35-39(33)34-10-8-18(37-39)15-11-16(26)13-17(27)12-15/h7,9,11-13,18-19,21-22H,8,10,14H2,1-6H3,(H,29,31,32)/t18-,19-,21-,22-,25-,39+/m1/s1. The smallest absolute Gasteiger partial charge is 0.408 e. The van der Waals surface area contributed by atoms with Crippen molar-refractivity contribution in [3.8, 4) is 0 Å². The van der Waals surface area contributed by atoms with E-state index in [4.69, 9.17) is 45.9 Å². The number of phosphoric acid groups is 1. The molecular weight excluding hydrogens is 605 g/mol. The van der Waals surface area contributed by atoms with Crippen molar-refractivity contribution >= 4 is 39.3 Å². The molecule has 6 atom stereocenters. The van der Waals surface area contributed by atoms with Gasteiger partial charge < -0.3 is 9.16 Å². The number of rotatable bonds is 7. The molecule has 1 N–H and O–H groups in total. The van der Waals surface area contributed by atoms with Crippen molar-refractivity contribution in [3.63, 3.8) is 0 Å². The predicted octanol–water partition coefficient (Wildman–Crippen LogP) is 6.16. The van der Waals surface area contributed by atoms with Crippen LogP contribution in [0.15, 0.2) is 40.1 Å². The van der Waals surface area contributed by atoms with Gasteiger partial charge in [0.25, 0.3) is 5.56 Å². The van der Waals surface area contributed by atoms with Crippen molar-refractivity contribution in [1.29, 1.82) is 0 Å². The molecule has 0 aliphatic carbocycles. The molecule has 1 aromatic heterocycles. The fourth-order valence-electron chi connectivity index (χ4n) is 4.37. The van der Waals surface area contributed by atoms with E-state index in [-0.39, 0.29) is 11.6 Å². The molecule has 2 saturated heterocycles. The fourth-order valence-corrected chi connectivity index (χ4v) is 7.67. The van der Waals surface area contributed by atoms with Crippen LogP contribution in [0.3, 0.4) is 0 Å². The third kappa shape index (κ3) is 6.66. The van der Waals surface area contributed by atoms with Crippen LogP contribution in [0.1, 0.15) is 52.0 Å². The molecule has 0 unspecified atom stereocenters. The van der Waals surface area contributed by atoms with Crippen molar-refractivity contribution in [2.24, 2.45) is 0 Å². The maximum atomic E-state index is 16.6. The molecule has 2 aliphatic rings. The van der Waals surface area contributed by atoms with Crippen LogP contribution in [0.25, 0.3) is 0 Å². The van der Waals surface area contributed by atoms with E-state index in [9.17, 15) is 14.2 Å². The van der Waals surface area contributed by atoms with E-state index in [1.807, 2.05) is 33.9 Å². The minimum absolute atomic E-state index is 0.0672. The number of phosphoric ester groups is 1. The van der Waals surface area contributed by atoms with Crippen molar-refractivity contribution < 1.29 is 31.7 Å². The Kier molecular flexibility index (Phi) is 8.99. The summed E-state index contributed by atoms with van der Waals surface area (Å²) in [6, 6.07) is 5.97. The molecule has 0 amide bonds. The second kappa shape index (κ2) is 11.4. The van der Waals surface area contributed by atoms with Crippen molar-refractivity contribution in [1.82, 2.24) is 9.55 Å². The number of nitrogens with one attached hydrogen (secondary N) is 1. The van der Waals surface area contributed by atoms with Gasteiger partial charge in [-0.2, -0.15) is 0 Å². The number of hydrogen-bond acceptors (Lipinski definition) is 8. The Morgan fingerprint density at radius 1 is 1.23 bits per heavy atom. The molecule has 1 aromatic carbocycles. The van der Waals surface area contributed by atoms with Crippen LogP contribution in [0, 0.1) is 0 Å². The Morgan fingerprint density at radius 2 is 1.88 bits per heavy atom. The SMILES string of the molecule is CC(C)(C)[Si](C)(C)O[C@@H]1[C@@H](CO[P@]2(=O)OCC[C@H](c3cc(Cl)cc(Cl)c3)O2)O[C@@H](n2ccc(=O)[nH]c2=O)[C@]1(C)F. The molecule has 222 valence electrons. The lowest BCUT2D eigenvalue weighted by Crippen LogP contribution is -2.53. The van der Waals surface area contributed by atoms with Gasteiger partial charge in [-0.25, -0.2) is 13.8 Å². The van der Waals surface area contributed by atoms with E-state index in [1.54, 1.807) is 18.2 Å². The van der Waals surface area contributed by atoms with Crippen LogP contribution in [0.2, 0.25) is 28.2 Å². The lowest BCUT2D eigenvalue weighted by Gasteiger charge is -2.41. The van der Waals surface area contributed by atoms with Crippen LogP contribution >= 0.6 is 31.0 Å². The summed E-state index contributed by atoms with van der Waals surface area (Å²) in [4.78, 5) is 26.3. The summed E-state index contributed by atoms with van der Waals surface area (Å²) in [6.45, 7) is 10.8. The first-order valence-corrected chi connectivity index (χ1v) is 17.9. The number of halogens is 3. The number of aromatic amines is 1. The highest BCUT2D eigenvalue weighted by molar-refractivity contribution is 7.48. The Hall–Kier alpha value is -1.34. The molecule has 3 heterocycles. The van der Waals surface area contributed by atoms with E-state index >= 15 is 4.39 Å². The average molecular weight is 640 g/mol. The minimum atomic E-state index is -4.13. The van der Waals surface area contributed by atoms with Crippen LogP contribution in [0.4, 0.5) is 4.39 Å². The quantitative estimate of drug-likeness (QED) is 0.283. The molecule has 2 fully saturated rings. The van der Waals surface area contributed by atoms with Crippen LogP contribution in [-0.4, -0.2) is 49.0 Å². The molecule has 2 aromatic rings. The van der Waals surface area contributed by atoms with Gasteiger partial charge in [0.05, 0.1) is 19.3 Å². The molecule has 40 heavy (non-hydrogen) atoms. The third-order valence-electron chi connectivity index (χ3n) is 7.55. The van der Waals surface area contributed by atoms with Gasteiger partial charge in [-0.15, -0.1) is 0 Å². The number of hydrogen-bond donors (Lipinski definition) is 1. The summed E-state index contributed by atoms with van der Waals surface area (Å²) in [5.74, 6) is 0. The van der Waals surface area contributed by atoms with Crippen LogP contribution in [0.5, 0.6) is 0 Å². The molecule has 0 spiro atoms. The normalized spacial score (nSPS) is 31.4. The Balaban J connectivity index is 1.60. The van der Waals surface area contributed by atoms with E-state index in [0.29, 0.717) is 22.0 Å². The van der Waals surface area contributed by atoms with Crippen molar-refractivity contribution in [3.05, 3.63) is 66.9 Å².